The van der Waals surface area contributed by atoms with Crippen LogP contribution in [0.3, 0.4) is 0 Å². The van der Waals surface area contributed by atoms with Gasteiger partial charge < -0.3 is 5.11 Å². The molecule has 0 amide bonds. The van der Waals surface area contributed by atoms with E-state index in [1.54, 1.807) is 12.1 Å². The summed E-state index contributed by atoms with van der Waals surface area (Å²) in [6.45, 7) is 0. The molecule has 66 valence electrons. The van der Waals surface area contributed by atoms with Crippen molar-refractivity contribution < 1.29 is 9.90 Å². The number of carboxylic acids is 1. The molecule has 0 radical (unpaired) electrons. The molecule has 0 unspecified atom stereocenters. The van der Waals surface area contributed by atoms with E-state index in [2.05, 4.69) is 37.8 Å². The normalized spacial score (nSPS) is 8.77. The van der Waals surface area contributed by atoms with Crippen LogP contribution < -0.4 is 0 Å². The van der Waals surface area contributed by atoms with Crippen LogP contribution in [0.1, 0.15) is 5.56 Å². The molecule has 0 saturated heterocycles. The van der Waals surface area contributed by atoms with Crippen LogP contribution >= 0.6 is 31.9 Å². The van der Waals surface area contributed by atoms with Gasteiger partial charge in [0.1, 0.15) is 0 Å². The van der Waals surface area contributed by atoms with Crippen molar-refractivity contribution >= 4 is 37.8 Å². The van der Waals surface area contributed by atoms with E-state index in [1.165, 1.54) is 0 Å². The zero-order valence-corrected chi connectivity index (χ0v) is 9.52. The third-order valence-electron chi connectivity index (χ3n) is 1.24. The van der Waals surface area contributed by atoms with Gasteiger partial charge in [-0.25, -0.2) is 4.79 Å². The molecule has 1 rings (SSSR count). The van der Waals surface area contributed by atoms with Gasteiger partial charge in [-0.3, -0.25) is 0 Å². The van der Waals surface area contributed by atoms with E-state index in [1.807, 2.05) is 12.0 Å². The second-order valence-corrected chi connectivity index (χ2v) is 3.95. The summed E-state index contributed by atoms with van der Waals surface area (Å²) in [5.41, 5.74) is 0.658. The quantitative estimate of drug-likeness (QED) is 0.748. The minimum Gasteiger partial charge on any atom is -0.472 e. The van der Waals surface area contributed by atoms with Crippen molar-refractivity contribution in [2.24, 2.45) is 0 Å². The van der Waals surface area contributed by atoms with Gasteiger partial charge in [0, 0.05) is 20.4 Å². The number of halogens is 2. The fourth-order valence-corrected chi connectivity index (χ4v) is 1.86. The Balaban J connectivity index is 3.05. The highest BCUT2D eigenvalue weighted by molar-refractivity contribution is 9.11. The van der Waals surface area contributed by atoms with Crippen molar-refractivity contribution in [3.63, 3.8) is 0 Å². The lowest BCUT2D eigenvalue weighted by atomic mass is 10.2. The second kappa shape index (κ2) is 4.45. The third-order valence-corrected chi connectivity index (χ3v) is 2.38. The first-order valence-electron chi connectivity index (χ1n) is 3.29. The Morgan fingerprint density at radius 1 is 1.38 bits per heavy atom. The summed E-state index contributed by atoms with van der Waals surface area (Å²) in [7, 11) is 0. The predicted molar refractivity (Wildman–Crippen MR) is 56.4 cm³/mol. The molecule has 0 heterocycles. The van der Waals surface area contributed by atoms with Crippen LogP contribution in [0.4, 0.5) is 0 Å². The monoisotopic (exact) mass is 302 g/mol. The number of benzene rings is 1. The van der Waals surface area contributed by atoms with E-state index in [9.17, 15) is 4.79 Å². The first-order valence-corrected chi connectivity index (χ1v) is 4.88. The summed E-state index contributed by atoms with van der Waals surface area (Å²) in [6, 6.07) is 5.35. The number of hydrogen-bond acceptors (Lipinski definition) is 1. The van der Waals surface area contributed by atoms with Gasteiger partial charge in [0.15, 0.2) is 0 Å². The van der Waals surface area contributed by atoms with Crippen molar-refractivity contribution in [3.8, 4) is 11.8 Å². The molecule has 0 bridgehead atoms. The maximum absolute atomic E-state index is 10.2. The molecule has 1 N–H and O–H groups in total. The molecule has 0 fully saturated rings. The molecule has 0 atom stereocenters. The van der Waals surface area contributed by atoms with Crippen LogP contribution in [0.15, 0.2) is 27.1 Å². The van der Waals surface area contributed by atoms with E-state index in [4.69, 9.17) is 5.11 Å². The second-order valence-electron chi connectivity index (χ2n) is 2.18. The maximum atomic E-state index is 10.2. The third kappa shape index (κ3) is 3.21. The van der Waals surface area contributed by atoms with E-state index >= 15 is 0 Å². The van der Waals surface area contributed by atoms with Gasteiger partial charge in [-0.2, -0.15) is 0 Å². The fourth-order valence-electron chi connectivity index (χ4n) is 0.712. The molecule has 1 aromatic rings. The molecule has 13 heavy (non-hydrogen) atoms. The van der Waals surface area contributed by atoms with Crippen molar-refractivity contribution in [1.29, 1.82) is 0 Å². The van der Waals surface area contributed by atoms with Gasteiger partial charge in [0.25, 0.3) is 0 Å². The zero-order valence-electron chi connectivity index (χ0n) is 6.34. The predicted octanol–water partition coefficient (Wildman–Crippen LogP) is 2.65. The fraction of sp³-hybridized carbons (Fsp3) is 0. The van der Waals surface area contributed by atoms with Crippen molar-refractivity contribution in [2.45, 2.75) is 0 Å². The molecular formula is C9H4Br2O2. The summed E-state index contributed by atoms with van der Waals surface area (Å²) in [6.07, 6.45) is 0. The SMILES string of the molecule is O=C(O)C#Cc1ccc(Br)cc1Br. The highest BCUT2D eigenvalue weighted by Gasteiger charge is 1.96. The summed E-state index contributed by atoms with van der Waals surface area (Å²) >= 11 is 6.55. The summed E-state index contributed by atoms with van der Waals surface area (Å²) < 4.78 is 1.69. The molecule has 4 heteroatoms. The molecule has 0 saturated carbocycles. The first kappa shape index (κ1) is 10.3. The van der Waals surface area contributed by atoms with Crippen LogP contribution in [0.25, 0.3) is 0 Å². The number of rotatable bonds is 0. The Morgan fingerprint density at radius 3 is 2.62 bits per heavy atom. The highest BCUT2D eigenvalue weighted by Crippen LogP contribution is 2.20. The van der Waals surface area contributed by atoms with E-state index in [0.717, 1.165) is 8.95 Å². The van der Waals surface area contributed by atoms with Gasteiger partial charge >= 0.3 is 5.97 Å². The van der Waals surface area contributed by atoms with Gasteiger partial charge in [-0.1, -0.05) is 21.9 Å². The Bertz CT molecular complexity index is 402. The van der Waals surface area contributed by atoms with Gasteiger partial charge in [0.2, 0.25) is 0 Å². The van der Waals surface area contributed by atoms with Crippen molar-refractivity contribution in [2.75, 3.05) is 0 Å². The summed E-state index contributed by atoms with van der Waals surface area (Å²) in [5.74, 6) is 3.44. The lowest BCUT2D eigenvalue weighted by molar-refractivity contribution is -0.130. The highest BCUT2D eigenvalue weighted by atomic mass is 79.9. The maximum Gasteiger partial charge on any atom is 0.382 e. The Labute approximate surface area is 92.2 Å². The number of aliphatic carboxylic acids is 1. The van der Waals surface area contributed by atoms with Crippen molar-refractivity contribution in [1.82, 2.24) is 0 Å². The lowest BCUT2D eigenvalue weighted by Gasteiger charge is -1.95. The Kier molecular flexibility index (Phi) is 3.52. The van der Waals surface area contributed by atoms with Crippen LogP contribution in [0.2, 0.25) is 0 Å². The van der Waals surface area contributed by atoms with Crippen LogP contribution in [-0.4, -0.2) is 11.1 Å². The van der Waals surface area contributed by atoms with E-state index < -0.39 is 5.97 Å². The number of carbonyl (C=O) groups is 1. The van der Waals surface area contributed by atoms with Crippen LogP contribution in [0, 0.1) is 11.8 Å². The molecule has 0 aromatic heterocycles. The van der Waals surface area contributed by atoms with E-state index in [0.29, 0.717) is 5.56 Å². The number of hydrogen-bond donors (Lipinski definition) is 1. The smallest absolute Gasteiger partial charge is 0.382 e. The minimum atomic E-state index is -1.13. The number of carboxylic acid groups (broad SMARTS) is 1. The average molecular weight is 304 g/mol. The first-order chi connectivity index (χ1) is 6.09. The zero-order chi connectivity index (χ0) is 9.84. The van der Waals surface area contributed by atoms with Gasteiger partial charge in [-0.15, -0.1) is 0 Å². The molecule has 0 aliphatic rings. The Hall–Kier alpha value is -0.790. The molecule has 2 nitrogen and oxygen atoms in total. The summed E-state index contributed by atoms with van der Waals surface area (Å²) in [5, 5.41) is 8.32. The molecule has 0 aliphatic heterocycles. The van der Waals surface area contributed by atoms with Gasteiger partial charge in [0.05, 0.1) is 0 Å². The average Bonchev–Trinajstić information content (AvgIpc) is 2.02. The van der Waals surface area contributed by atoms with Gasteiger partial charge in [-0.05, 0) is 34.1 Å². The Morgan fingerprint density at radius 2 is 2.08 bits per heavy atom. The van der Waals surface area contributed by atoms with Crippen molar-refractivity contribution in [3.05, 3.63) is 32.7 Å². The van der Waals surface area contributed by atoms with E-state index in [-0.39, 0.29) is 0 Å². The lowest BCUT2D eigenvalue weighted by Crippen LogP contribution is -1.87. The standard InChI is InChI=1S/C9H4Br2O2/c10-7-3-1-6(8(11)5-7)2-4-9(12)13/h1,3,5H,(H,12,13). The summed E-state index contributed by atoms with van der Waals surface area (Å²) in [4.78, 5) is 10.2. The largest absolute Gasteiger partial charge is 0.472 e. The molecule has 0 aliphatic carbocycles. The molecule has 0 spiro atoms. The topological polar surface area (TPSA) is 37.3 Å². The minimum absolute atomic E-state index is 0.658. The van der Waals surface area contributed by atoms with Crippen LogP contribution in [-0.2, 0) is 4.79 Å². The van der Waals surface area contributed by atoms with Crippen LogP contribution in [0.5, 0.6) is 0 Å². The molecular weight excluding hydrogens is 300 g/mol. The molecule has 1 aromatic carbocycles.